The normalized spacial score (nSPS) is 10.5. The number of halogens is 3. The highest BCUT2D eigenvalue weighted by Gasteiger charge is 2.12. The van der Waals surface area contributed by atoms with E-state index in [1.165, 1.54) is 11.3 Å². The van der Waals surface area contributed by atoms with E-state index in [4.69, 9.17) is 5.73 Å². The number of amides is 1. The van der Waals surface area contributed by atoms with Gasteiger partial charge in [0.05, 0.1) is 22.3 Å². The first-order valence-corrected chi connectivity index (χ1v) is 6.77. The van der Waals surface area contributed by atoms with Crippen LogP contribution in [0.2, 0.25) is 0 Å². The quantitative estimate of drug-likeness (QED) is 0.838. The van der Waals surface area contributed by atoms with Crippen LogP contribution in [0.1, 0.15) is 5.69 Å². The molecule has 3 N–H and O–H groups in total. The molecule has 0 bridgehead atoms. The van der Waals surface area contributed by atoms with E-state index in [2.05, 4.69) is 26.2 Å². The van der Waals surface area contributed by atoms with Crippen LogP contribution in [0.15, 0.2) is 22.0 Å². The molecule has 0 atom stereocenters. The van der Waals surface area contributed by atoms with Gasteiger partial charge in [-0.2, -0.15) is 0 Å². The van der Waals surface area contributed by atoms with Gasteiger partial charge in [0, 0.05) is 11.4 Å². The SMILES string of the molecule is Nc1nc(CC(=O)Nc2cc(Br)c(F)cc2F)cs1. The van der Waals surface area contributed by atoms with Gasteiger partial charge in [0.2, 0.25) is 5.91 Å². The van der Waals surface area contributed by atoms with Crippen molar-refractivity contribution >= 4 is 44.0 Å². The molecule has 0 radical (unpaired) electrons. The molecular weight excluding hydrogens is 340 g/mol. The van der Waals surface area contributed by atoms with Crippen LogP contribution in [0.25, 0.3) is 0 Å². The zero-order valence-corrected chi connectivity index (χ0v) is 11.8. The van der Waals surface area contributed by atoms with Gasteiger partial charge >= 0.3 is 0 Å². The summed E-state index contributed by atoms with van der Waals surface area (Å²) in [6.07, 6.45) is -0.0257. The summed E-state index contributed by atoms with van der Waals surface area (Å²) < 4.78 is 26.5. The number of hydrogen-bond acceptors (Lipinski definition) is 4. The summed E-state index contributed by atoms with van der Waals surface area (Å²) in [4.78, 5) is 15.6. The Morgan fingerprint density at radius 3 is 2.79 bits per heavy atom. The predicted octanol–water partition coefficient (Wildman–Crippen LogP) is 2.95. The van der Waals surface area contributed by atoms with Gasteiger partial charge in [-0.05, 0) is 22.0 Å². The second-order valence-corrected chi connectivity index (χ2v) is 5.39. The molecule has 0 aliphatic heterocycles. The summed E-state index contributed by atoms with van der Waals surface area (Å²) in [5.41, 5.74) is 5.84. The third-order valence-corrected chi connectivity index (χ3v) is 3.53. The highest BCUT2D eigenvalue weighted by atomic mass is 79.9. The smallest absolute Gasteiger partial charge is 0.230 e. The summed E-state index contributed by atoms with van der Waals surface area (Å²) >= 11 is 4.14. The second kappa shape index (κ2) is 5.62. The molecule has 1 aromatic carbocycles. The molecule has 8 heteroatoms. The summed E-state index contributed by atoms with van der Waals surface area (Å²) in [6, 6.07) is 1.86. The number of hydrogen-bond donors (Lipinski definition) is 2. The van der Waals surface area contributed by atoms with Crippen LogP contribution in [0, 0.1) is 11.6 Å². The second-order valence-electron chi connectivity index (χ2n) is 3.65. The average Bonchev–Trinajstić information content (AvgIpc) is 2.71. The molecule has 4 nitrogen and oxygen atoms in total. The molecule has 0 saturated heterocycles. The molecule has 2 aromatic rings. The zero-order chi connectivity index (χ0) is 14.0. The van der Waals surface area contributed by atoms with E-state index in [1.54, 1.807) is 5.38 Å². The third kappa shape index (κ3) is 3.48. The van der Waals surface area contributed by atoms with E-state index in [0.717, 1.165) is 6.07 Å². The van der Waals surface area contributed by atoms with Crippen LogP contribution in [0.3, 0.4) is 0 Å². The van der Waals surface area contributed by atoms with Crippen molar-refractivity contribution in [2.75, 3.05) is 11.1 Å². The molecule has 100 valence electrons. The summed E-state index contributed by atoms with van der Waals surface area (Å²) in [6.45, 7) is 0. The Morgan fingerprint density at radius 1 is 1.42 bits per heavy atom. The Balaban J connectivity index is 2.09. The number of carbonyl (C=O) groups is 1. The lowest BCUT2D eigenvalue weighted by Crippen LogP contribution is -2.15. The van der Waals surface area contributed by atoms with E-state index >= 15 is 0 Å². The zero-order valence-electron chi connectivity index (χ0n) is 9.41. The van der Waals surface area contributed by atoms with Crippen molar-refractivity contribution in [3.63, 3.8) is 0 Å². The number of rotatable bonds is 3. The topological polar surface area (TPSA) is 68.0 Å². The molecule has 0 aliphatic carbocycles. The predicted molar refractivity (Wildman–Crippen MR) is 72.9 cm³/mol. The van der Waals surface area contributed by atoms with Crippen LogP contribution in [0.5, 0.6) is 0 Å². The van der Waals surface area contributed by atoms with Crippen molar-refractivity contribution in [2.45, 2.75) is 6.42 Å². The summed E-state index contributed by atoms with van der Waals surface area (Å²) in [7, 11) is 0. The number of thiazole rings is 1. The molecule has 1 heterocycles. The highest BCUT2D eigenvalue weighted by Crippen LogP contribution is 2.23. The van der Waals surface area contributed by atoms with Crippen molar-refractivity contribution in [3.8, 4) is 0 Å². The van der Waals surface area contributed by atoms with Crippen molar-refractivity contribution < 1.29 is 13.6 Å². The van der Waals surface area contributed by atoms with Gasteiger partial charge < -0.3 is 11.1 Å². The Labute approximate surface area is 119 Å². The average molecular weight is 348 g/mol. The Kier molecular flexibility index (Phi) is 4.11. The molecule has 0 spiro atoms. The fourth-order valence-electron chi connectivity index (χ4n) is 1.38. The van der Waals surface area contributed by atoms with Crippen LogP contribution >= 0.6 is 27.3 Å². The maximum absolute atomic E-state index is 13.4. The van der Waals surface area contributed by atoms with Gasteiger partial charge in [0.15, 0.2) is 5.13 Å². The Morgan fingerprint density at radius 2 is 2.16 bits per heavy atom. The molecule has 0 aliphatic rings. The van der Waals surface area contributed by atoms with Gasteiger partial charge in [-0.15, -0.1) is 11.3 Å². The van der Waals surface area contributed by atoms with E-state index < -0.39 is 17.5 Å². The standard InChI is InChI=1S/C11H8BrF2N3OS/c12-6-2-9(8(14)3-7(6)13)17-10(18)1-5-4-19-11(15)16-5/h2-4H,1H2,(H2,15,16)(H,17,18). The lowest BCUT2D eigenvalue weighted by molar-refractivity contribution is -0.115. The number of nitrogens with one attached hydrogen (secondary N) is 1. The summed E-state index contributed by atoms with van der Waals surface area (Å²) in [5.74, 6) is -2.03. The number of benzene rings is 1. The van der Waals surface area contributed by atoms with Crippen molar-refractivity contribution in [1.29, 1.82) is 0 Å². The molecule has 0 saturated carbocycles. The minimum atomic E-state index is -0.841. The monoisotopic (exact) mass is 347 g/mol. The van der Waals surface area contributed by atoms with Crippen molar-refractivity contribution in [3.05, 3.63) is 39.3 Å². The molecule has 0 fully saturated rings. The summed E-state index contributed by atoms with van der Waals surface area (Å²) in [5, 5.41) is 4.35. The first kappa shape index (κ1) is 13.9. The fraction of sp³-hybridized carbons (Fsp3) is 0.0909. The third-order valence-electron chi connectivity index (χ3n) is 2.20. The van der Waals surface area contributed by atoms with Gasteiger partial charge in [-0.3, -0.25) is 4.79 Å². The lowest BCUT2D eigenvalue weighted by atomic mass is 10.2. The number of anilines is 2. The number of carbonyl (C=O) groups excluding carboxylic acids is 1. The molecule has 1 amide bonds. The number of aromatic nitrogens is 1. The minimum absolute atomic E-state index is 0.0257. The molecular formula is C11H8BrF2N3OS. The van der Waals surface area contributed by atoms with Crippen molar-refractivity contribution in [1.82, 2.24) is 4.98 Å². The maximum Gasteiger partial charge on any atom is 0.230 e. The van der Waals surface area contributed by atoms with E-state index in [9.17, 15) is 13.6 Å². The minimum Gasteiger partial charge on any atom is -0.375 e. The van der Waals surface area contributed by atoms with Crippen molar-refractivity contribution in [2.24, 2.45) is 0 Å². The number of nitrogens with zero attached hydrogens (tertiary/aromatic N) is 1. The van der Waals surface area contributed by atoms with E-state index in [1.807, 2.05) is 0 Å². The fourth-order valence-corrected chi connectivity index (χ4v) is 2.29. The van der Waals surface area contributed by atoms with Crippen LogP contribution < -0.4 is 11.1 Å². The maximum atomic E-state index is 13.4. The Hall–Kier alpha value is -1.54. The van der Waals surface area contributed by atoms with Gasteiger partial charge in [-0.1, -0.05) is 0 Å². The number of nitrogens with two attached hydrogens (primary N) is 1. The molecule has 0 unspecified atom stereocenters. The van der Waals surface area contributed by atoms with Gasteiger partial charge in [-0.25, -0.2) is 13.8 Å². The van der Waals surface area contributed by atoms with Crippen LogP contribution in [0.4, 0.5) is 19.6 Å². The number of nitrogen functional groups attached to an aromatic ring is 1. The molecule has 1 aromatic heterocycles. The van der Waals surface area contributed by atoms with E-state index in [0.29, 0.717) is 16.9 Å². The highest BCUT2D eigenvalue weighted by molar-refractivity contribution is 9.10. The molecule has 19 heavy (non-hydrogen) atoms. The van der Waals surface area contributed by atoms with Gasteiger partial charge in [0.1, 0.15) is 11.6 Å². The lowest BCUT2D eigenvalue weighted by Gasteiger charge is -2.06. The van der Waals surface area contributed by atoms with E-state index in [-0.39, 0.29) is 16.6 Å². The largest absolute Gasteiger partial charge is 0.375 e. The van der Waals surface area contributed by atoms with Crippen LogP contribution in [-0.2, 0) is 11.2 Å². The first-order chi connectivity index (χ1) is 8.95. The van der Waals surface area contributed by atoms with Gasteiger partial charge in [0.25, 0.3) is 0 Å². The first-order valence-electron chi connectivity index (χ1n) is 5.10. The Bertz CT molecular complexity index is 632. The molecule has 2 rings (SSSR count). The van der Waals surface area contributed by atoms with Crippen LogP contribution in [-0.4, -0.2) is 10.9 Å².